The van der Waals surface area contributed by atoms with Crippen LogP contribution in [-0.2, 0) is 4.79 Å². The van der Waals surface area contributed by atoms with Crippen molar-refractivity contribution < 1.29 is 9.18 Å². The highest BCUT2D eigenvalue weighted by molar-refractivity contribution is 6.31. The lowest BCUT2D eigenvalue weighted by Gasteiger charge is -2.06. The first-order valence-corrected chi connectivity index (χ1v) is 6.47. The zero-order valence-corrected chi connectivity index (χ0v) is 11.2. The van der Waals surface area contributed by atoms with Crippen LogP contribution in [0, 0.1) is 5.82 Å². The summed E-state index contributed by atoms with van der Waals surface area (Å²) in [6, 6.07) is 4.13. The molecule has 0 aliphatic carbocycles. The molecule has 0 heterocycles. The van der Waals surface area contributed by atoms with Crippen molar-refractivity contribution in [1.29, 1.82) is 0 Å². The third kappa shape index (κ3) is 5.47. The number of benzene rings is 1. The summed E-state index contributed by atoms with van der Waals surface area (Å²) in [5.74, 6) is -0.599. The van der Waals surface area contributed by atoms with Crippen LogP contribution in [0.2, 0.25) is 5.02 Å². The number of hydrogen-bond donors (Lipinski definition) is 2. The molecule has 0 aliphatic rings. The molecule has 0 bridgehead atoms. The lowest BCUT2D eigenvalue weighted by atomic mass is 10.3. The van der Waals surface area contributed by atoms with Crippen LogP contribution in [-0.4, -0.2) is 19.0 Å². The second kappa shape index (κ2) is 8.06. The van der Waals surface area contributed by atoms with E-state index in [0.717, 1.165) is 19.4 Å². The minimum absolute atomic E-state index is 0.00821. The Labute approximate surface area is 112 Å². The largest absolute Gasteiger partial charge is 0.326 e. The van der Waals surface area contributed by atoms with Crippen LogP contribution in [0.1, 0.15) is 26.2 Å². The van der Waals surface area contributed by atoms with Crippen LogP contribution in [0.5, 0.6) is 0 Å². The molecule has 0 atom stereocenters. The molecule has 1 aromatic rings. The SMILES string of the molecule is CCCCNCCC(=O)Nc1ccc(F)c(Cl)c1. The summed E-state index contributed by atoms with van der Waals surface area (Å²) in [6.45, 7) is 3.68. The lowest BCUT2D eigenvalue weighted by Crippen LogP contribution is -2.22. The van der Waals surface area contributed by atoms with Gasteiger partial charge >= 0.3 is 0 Å². The highest BCUT2D eigenvalue weighted by Crippen LogP contribution is 2.19. The normalized spacial score (nSPS) is 10.4. The van der Waals surface area contributed by atoms with Crippen molar-refractivity contribution in [3.63, 3.8) is 0 Å². The average Bonchev–Trinajstić information content (AvgIpc) is 2.34. The maximum Gasteiger partial charge on any atom is 0.225 e. The molecule has 100 valence electrons. The number of hydrogen-bond acceptors (Lipinski definition) is 2. The fourth-order valence-electron chi connectivity index (χ4n) is 1.43. The minimum atomic E-state index is -0.490. The van der Waals surface area contributed by atoms with Gasteiger partial charge in [0, 0.05) is 18.7 Å². The molecular formula is C13H18ClFN2O. The van der Waals surface area contributed by atoms with Gasteiger partial charge in [-0.2, -0.15) is 0 Å². The van der Waals surface area contributed by atoms with Crippen molar-refractivity contribution in [2.45, 2.75) is 26.2 Å². The molecule has 0 aliphatic heterocycles. The summed E-state index contributed by atoms with van der Waals surface area (Å²) in [5.41, 5.74) is 0.514. The Hall–Kier alpha value is -1.13. The van der Waals surface area contributed by atoms with E-state index in [0.29, 0.717) is 18.7 Å². The van der Waals surface area contributed by atoms with Crippen molar-refractivity contribution in [3.8, 4) is 0 Å². The summed E-state index contributed by atoms with van der Waals surface area (Å²) >= 11 is 5.62. The summed E-state index contributed by atoms with van der Waals surface area (Å²) in [7, 11) is 0. The van der Waals surface area contributed by atoms with Gasteiger partial charge in [0.2, 0.25) is 5.91 Å². The molecule has 0 spiro atoms. The molecule has 1 aromatic carbocycles. The monoisotopic (exact) mass is 272 g/mol. The van der Waals surface area contributed by atoms with Gasteiger partial charge in [0.1, 0.15) is 5.82 Å². The molecule has 5 heteroatoms. The molecule has 0 unspecified atom stereocenters. The molecule has 0 fully saturated rings. The first-order chi connectivity index (χ1) is 8.63. The van der Waals surface area contributed by atoms with Gasteiger partial charge in [0.05, 0.1) is 5.02 Å². The summed E-state index contributed by atoms with van der Waals surface area (Å²) in [5, 5.41) is 5.86. The molecule has 0 saturated carbocycles. The number of unbranched alkanes of at least 4 members (excludes halogenated alkanes) is 1. The predicted molar refractivity (Wildman–Crippen MR) is 72.4 cm³/mol. The van der Waals surface area contributed by atoms with Crippen molar-refractivity contribution in [2.75, 3.05) is 18.4 Å². The number of halogens is 2. The fraction of sp³-hybridized carbons (Fsp3) is 0.462. The summed E-state index contributed by atoms with van der Waals surface area (Å²) in [4.78, 5) is 11.6. The Balaban J connectivity index is 2.29. The Kier molecular flexibility index (Phi) is 6.68. The number of rotatable bonds is 7. The van der Waals surface area contributed by atoms with Gasteiger partial charge in [-0.1, -0.05) is 24.9 Å². The van der Waals surface area contributed by atoms with E-state index in [1.54, 1.807) is 0 Å². The van der Waals surface area contributed by atoms with E-state index in [1.165, 1.54) is 18.2 Å². The van der Waals surface area contributed by atoms with E-state index >= 15 is 0 Å². The quantitative estimate of drug-likeness (QED) is 0.749. The molecular weight excluding hydrogens is 255 g/mol. The molecule has 2 N–H and O–H groups in total. The standard InChI is InChI=1S/C13H18ClFN2O/c1-2-3-7-16-8-6-13(18)17-10-4-5-12(15)11(14)9-10/h4-5,9,16H,2-3,6-8H2,1H3,(H,17,18). The van der Waals surface area contributed by atoms with Gasteiger partial charge in [0.25, 0.3) is 0 Å². The van der Waals surface area contributed by atoms with Crippen molar-refractivity contribution in [1.82, 2.24) is 5.32 Å². The van der Waals surface area contributed by atoms with Crippen LogP contribution in [0.25, 0.3) is 0 Å². The van der Waals surface area contributed by atoms with E-state index in [9.17, 15) is 9.18 Å². The molecule has 0 saturated heterocycles. The molecule has 0 radical (unpaired) electrons. The van der Waals surface area contributed by atoms with Crippen molar-refractivity contribution in [3.05, 3.63) is 29.0 Å². The van der Waals surface area contributed by atoms with Crippen LogP contribution < -0.4 is 10.6 Å². The Morgan fingerprint density at radius 3 is 2.83 bits per heavy atom. The Bertz CT molecular complexity index is 399. The highest BCUT2D eigenvalue weighted by atomic mass is 35.5. The zero-order chi connectivity index (χ0) is 13.4. The zero-order valence-electron chi connectivity index (χ0n) is 10.4. The van der Waals surface area contributed by atoms with Crippen LogP contribution in [0.4, 0.5) is 10.1 Å². The van der Waals surface area contributed by atoms with Crippen LogP contribution in [0.3, 0.4) is 0 Å². The van der Waals surface area contributed by atoms with Crippen LogP contribution in [0.15, 0.2) is 18.2 Å². The maximum absolute atomic E-state index is 12.9. The molecule has 3 nitrogen and oxygen atoms in total. The van der Waals surface area contributed by atoms with Gasteiger partial charge in [-0.15, -0.1) is 0 Å². The van der Waals surface area contributed by atoms with Crippen molar-refractivity contribution >= 4 is 23.2 Å². The van der Waals surface area contributed by atoms with E-state index in [2.05, 4.69) is 17.6 Å². The van der Waals surface area contributed by atoms with Gasteiger partial charge in [0.15, 0.2) is 0 Å². The first-order valence-electron chi connectivity index (χ1n) is 6.09. The fourth-order valence-corrected chi connectivity index (χ4v) is 1.61. The van der Waals surface area contributed by atoms with Crippen LogP contribution >= 0.6 is 11.6 Å². The number of amides is 1. The van der Waals surface area contributed by atoms with E-state index < -0.39 is 5.82 Å². The highest BCUT2D eigenvalue weighted by Gasteiger charge is 2.04. The lowest BCUT2D eigenvalue weighted by molar-refractivity contribution is -0.116. The average molecular weight is 273 g/mol. The second-order valence-electron chi connectivity index (χ2n) is 4.03. The Morgan fingerprint density at radius 1 is 1.39 bits per heavy atom. The number of nitrogens with one attached hydrogen (secondary N) is 2. The van der Waals surface area contributed by atoms with Gasteiger partial charge in [-0.25, -0.2) is 4.39 Å². The molecule has 1 rings (SSSR count). The Morgan fingerprint density at radius 2 is 2.17 bits per heavy atom. The third-order valence-corrected chi connectivity index (χ3v) is 2.73. The molecule has 1 amide bonds. The van der Waals surface area contributed by atoms with Crippen molar-refractivity contribution in [2.24, 2.45) is 0 Å². The maximum atomic E-state index is 12.9. The summed E-state index contributed by atoms with van der Waals surface area (Å²) < 4.78 is 12.9. The van der Waals surface area contributed by atoms with E-state index in [1.807, 2.05) is 0 Å². The van der Waals surface area contributed by atoms with Gasteiger partial charge < -0.3 is 10.6 Å². The first kappa shape index (κ1) is 14.9. The smallest absolute Gasteiger partial charge is 0.225 e. The molecule has 0 aromatic heterocycles. The predicted octanol–water partition coefficient (Wildman–Crippen LogP) is 3.20. The topological polar surface area (TPSA) is 41.1 Å². The third-order valence-electron chi connectivity index (χ3n) is 2.44. The van der Waals surface area contributed by atoms with Gasteiger partial charge in [-0.3, -0.25) is 4.79 Å². The van der Waals surface area contributed by atoms with E-state index in [4.69, 9.17) is 11.6 Å². The number of carbonyl (C=O) groups is 1. The summed E-state index contributed by atoms with van der Waals surface area (Å²) in [6.07, 6.45) is 2.63. The second-order valence-corrected chi connectivity index (χ2v) is 4.44. The number of anilines is 1. The minimum Gasteiger partial charge on any atom is -0.326 e. The van der Waals surface area contributed by atoms with Gasteiger partial charge in [-0.05, 0) is 31.2 Å². The van der Waals surface area contributed by atoms with E-state index in [-0.39, 0.29) is 10.9 Å². The molecule has 18 heavy (non-hydrogen) atoms. The number of carbonyl (C=O) groups excluding carboxylic acids is 1.